The highest BCUT2D eigenvalue weighted by Gasteiger charge is 2.24. The van der Waals surface area contributed by atoms with E-state index in [1.807, 2.05) is 18.2 Å². The number of hydrogen-bond donors (Lipinski definition) is 3. The van der Waals surface area contributed by atoms with Crippen molar-refractivity contribution in [2.45, 2.75) is 33.2 Å². The van der Waals surface area contributed by atoms with Gasteiger partial charge in [0.15, 0.2) is 5.96 Å². The number of nitrogens with two attached hydrogens (primary N) is 2. The Kier molecular flexibility index (Phi) is 8.24. The summed E-state index contributed by atoms with van der Waals surface area (Å²) in [7, 11) is 0. The number of aryl methyl sites for hydroxylation is 2. The Bertz CT molecular complexity index is 877. The third kappa shape index (κ3) is 6.06. The predicted molar refractivity (Wildman–Crippen MR) is 129 cm³/mol. The Morgan fingerprint density at radius 2 is 1.93 bits per heavy atom. The molecule has 8 heteroatoms. The maximum absolute atomic E-state index is 11.4. The van der Waals surface area contributed by atoms with Gasteiger partial charge in [0.1, 0.15) is 5.82 Å². The molecule has 1 fully saturated rings. The first-order chi connectivity index (χ1) is 13.4. The van der Waals surface area contributed by atoms with Gasteiger partial charge in [0.25, 0.3) is 0 Å². The first-order valence-electron chi connectivity index (χ1n) is 9.56. The molecule has 1 aromatic heterocycles. The molecular formula is C21H29IN6O. The van der Waals surface area contributed by atoms with Crippen molar-refractivity contribution in [3.63, 3.8) is 0 Å². The second-order valence-electron chi connectivity index (χ2n) is 7.28. The average molecular weight is 508 g/mol. The summed E-state index contributed by atoms with van der Waals surface area (Å²) in [5, 5.41) is 3.14. The summed E-state index contributed by atoms with van der Waals surface area (Å²) in [6, 6.07) is 10.0. The Morgan fingerprint density at radius 1 is 1.21 bits per heavy atom. The summed E-state index contributed by atoms with van der Waals surface area (Å²) in [6.45, 7) is 6.10. The van der Waals surface area contributed by atoms with Crippen LogP contribution in [0.25, 0.3) is 0 Å². The highest BCUT2D eigenvalue weighted by Crippen LogP contribution is 2.25. The van der Waals surface area contributed by atoms with E-state index in [9.17, 15) is 4.79 Å². The van der Waals surface area contributed by atoms with Gasteiger partial charge in [-0.2, -0.15) is 0 Å². The molecule has 1 aliphatic heterocycles. The average Bonchev–Trinajstić information content (AvgIpc) is 2.69. The van der Waals surface area contributed by atoms with Crippen molar-refractivity contribution in [1.29, 1.82) is 0 Å². The van der Waals surface area contributed by atoms with Crippen LogP contribution in [0, 0.1) is 19.8 Å². The van der Waals surface area contributed by atoms with Crippen LogP contribution in [0.2, 0.25) is 0 Å². The van der Waals surface area contributed by atoms with Gasteiger partial charge in [0.05, 0.1) is 6.54 Å². The molecule has 5 N–H and O–H groups in total. The number of pyridine rings is 1. The molecule has 2 aromatic rings. The van der Waals surface area contributed by atoms with Crippen molar-refractivity contribution in [3.8, 4) is 0 Å². The van der Waals surface area contributed by atoms with E-state index in [0.717, 1.165) is 43.0 Å². The number of aromatic nitrogens is 1. The van der Waals surface area contributed by atoms with Crippen molar-refractivity contribution in [1.82, 2.24) is 4.98 Å². The van der Waals surface area contributed by atoms with E-state index in [4.69, 9.17) is 11.5 Å². The molecule has 1 saturated heterocycles. The Morgan fingerprint density at radius 3 is 2.59 bits per heavy atom. The number of guanidine groups is 1. The number of primary amides is 1. The summed E-state index contributed by atoms with van der Waals surface area (Å²) in [5.74, 6) is 1.01. The first kappa shape index (κ1) is 22.9. The maximum Gasteiger partial charge on any atom is 0.220 e. The van der Waals surface area contributed by atoms with Gasteiger partial charge in [-0.3, -0.25) is 4.79 Å². The molecule has 0 bridgehead atoms. The molecule has 7 nitrogen and oxygen atoms in total. The van der Waals surface area contributed by atoms with E-state index in [1.54, 1.807) is 6.20 Å². The predicted octanol–water partition coefficient (Wildman–Crippen LogP) is 2.94. The van der Waals surface area contributed by atoms with Crippen LogP contribution in [0.15, 0.2) is 41.5 Å². The number of halogens is 1. The summed E-state index contributed by atoms with van der Waals surface area (Å²) in [5.41, 5.74) is 15.9. The van der Waals surface area contributed by atoms with E-state index in [1.165, 1.54) is 11.1 Å². The van der Waals surface area contributed by atoms with E-state index in [0.29, 0.717) is 12.5 Å². The highest BCUT2D eigenvalue weighted by molar-refractivity contribution is 14.0. The normalized spacial score (nSPS) is 15.0. The standard InChI is InChI=1S/C21H28N6O.HI/c1-14-5-6-18(12-15(14)2)26-21(23)25-13-17-4-3-9-24-20(17)27-10-7-16(8-11-27)19(22)28;/h3-6,9,12,16H,7-8,10-11,13H2,1-2H3,(H2,22,28)(H3,23,25,26);1H. The lowest BCUT2D eigenvalue weighted by Crippen LogP contribution is -2.39. The van der Waals surface area contributed by atoms with E-state index in [2.05, 4.69) is 46.2 Å². The summed E-state index contributed by atoms with van der Waals surface area (Å²) in [6.07, 6.45) is 3.29. The molecule has 0 radical (unpaired) electrons. The van der Waals surface area contributed by atoms with Gasteiger partial charge < -0.3 is 21.7 Å². The van der Waals surface area contributed by atoms with Crippen molar-refractivity contribution in [2.24, 2.45) is 22.4 Å². The topological polar surface area (TPSA) is 110 Å². The number of benzene rings is 1. The lowest BCUT2D eigenvalue weighted by molar-refractivity contribution is -0.122. The Labute approximate surface area is 189 Å². The van der Waals surface area contributed by atoms with Gasteiger partial charge in [-0.15, -0.1) is 24.0 Å². The minimum atomic E-state index is -0.212. The zero-order chi connectivity index (χ0) is 20.1. The summed E-state index contributed by atoms with van der Waals surface area (Å²) < 4.78 is 0. The van der Waals surface area contributed by atoms with Gasteiger partial charge in [-0.1, -0.05) is 12.1 Å². The fourth-order valence-corrected chi connectivity index (χ4v) is 3.39. The highest BCUT2D eigenvalue weighted by atomic mass is 127. The lowest BCUT2D eigenvalue weighted by Gasteiger charge is -2.32. The zero-order valence-electron chi connectivity index (χ0n) is 16.9. The van der Waals surface area contributed by atoms with Crippen molar-refractivity contribution in [3.05, 3.63) is 53.2 Å². The Balaban J connectivity index is 0.00000300. The van der Waals surface area contributed by atoms with Crippen LogP contribution in [0.5, 0.6) is 0 Å². The third-order valence-electron chi connectivity index (χ3n) is 5.26. The third-order valence-corrected chi connectivity index (χ3v) is 5.26. The maximum atomic E-state index is 11.4. The van der Waals surface area contributed by atoms with Crippen molar-refractivity contribution < 1.29 is 4.79 Å². The summed E-state index contributed by atoms with van der Waals surface area (Å²) in [4.78, 5) is 22.6. The molecule has 1 aromatic carbocycles. The molecule has 29 heavy (non-hydrogen) atoms. The first-order valence-corrected chi connectivity index (χ1v) is 9.56. The van der Waals surface area contributed by atoms with E-state index in [-0.39, 0.29) is 35.8 Å². The number of aliphatic imine (C=N–C) groups is 1. The van der Waals surface area contributed by atoms with Crippen LogP contribution in [-0.2, 0) is 11.3 Å². The molecule has 156 valence electrons. The number of nitrogens with one attached hydrogen (secondary N) is 1. The van der Waals surface area contributed by atoms with Gasteiger partial charge >= 0.3 is 0 Å². The van der Waals surface area contributed by atoms with Gasteiger partial charge in [0, 0.05) is 36.5 Å². The van der Waals surface area contributed by atoms with Crippen LogP contribution in [0.4, 0.5) is 11.5 Å². The largest absolute Gasteiger partial charge is 0.370 e. The number of rotatable bonds is 5. The monoisotopic (exact) mass is 508 g/mol. The molecule has 1 aliphatic rings. The fraction of sp³-hybridized carbons (Fsp3) is 0.381. The number of amides is 1. The molecule has 3 rings (SSSR count). The van der Waals surface area contributed by atoms with Crippen LogP contribution in [-0.4, -0.2) is 29.9 Å². The number of anilines is 2. The van der Waals surface area contributed by atoms with Gasteiger partial charge in [-0.25, -0.2) is 9.98 Å². The van der Waals surface area contributed by atoms with Crippen molar-refractivity contribution in [2.75, 3.05) is 23.3 Å². The number of piperidine rings is 1. The van der Waals surface area contributed by atoms with Crippen LogP contribution < -0.4 is 21.7 Å². The molecule has 0 spiro atoms. The van der Waals surface area contributed by atoms with Gasteiger partial charge in [-0.05, 0) is 56.0 Å². The number of carbonyl (C=O) groups excluding carboxylic acids is 1. The molecule has 0 atom stereocenters. The smallest absolute Gasteiger partial charge is 0.220 e. The minimum Gasteiger partial charge on any atom is -0.370 e. The van der Waals surface area contributed by atoms with Crippen molar-refractivity contribution >= 4 is 47.3 Å². The molecule has 1 amide bonds. The second-order valence-corrected chi connectivity index (χ2v) is 7.28. The van der Waals surface area contributed by atoms with E-state index < -0.39 is 0 Å². The minimum absolute atomic E-state index is 0. The molecule has 2 heterocycles. The van der Waals surface area contributed by atoms with Gasteiger partial charge in [0.2, 0.25) is 5.91 Å². The molecule has 0 unspecified atom stereocenters. The number of carbonyl (C=O) groups is 1. The lowest BCUT2D eigenvalue weighted by atomic mass is 9.96. The quantitative estimate of drug-likeness (QED) is 0.327. The Hall–Kier alpha value is -2.36. The molecule has 0 aliphatic carbocycles. The zero-order valence-corrected chi connectivity index (χ0v) is 19.2. The fourth-order valence-electron chi connectivity index (χ4n) is 3.39. The molecular weight excluding hydrogens is 479 g/mol. The second kappa shape index (κ2) is 10.4. The van der Waals surface area contributed by atoms with Crippen LogP contribution >= 0.6 is 24.0 Å². The summed E-state index contributed by atoms with van der Waals surface area (Å²) >= 11 is 0. The number of hydrogen-bond acceptors (Lipinski definition) is 4. The number of nitrogens with zero attached hydrogens (tertiary/aromatic N) is 3. The van der Waals surface area contributed by atoms with Crippen LogP contribution in [0.3, 0.4) is 0 Å². The van der Waals surface area contributed by atoms with Crippen LogP contribution in [0.1, 0.15) is 29.5 Å². The molecule has 0 saturated carbocycles. The SMILES string of the molecule is Cc1ccc(NC(N)=NCc2cccnc2N2CCC(C(N)=O)CC2)cc1C.I. The van der Waals surface area contributed by atoms with E-state index >= 15 is 0 Å².